The molecule has 104 valence electrons. The molecule has 0 unspecified atom stereocenters. The van der Waals surface area contributed by atoms with Crippen LogP contribution in [0.15, 0.2) is 34.8 Å². The number of carbonyl (C=O) groups is 2. The standard InChI is InChI=1S/C14H10BrFO3S/c1-19-12(17)7-8-5-6-11(20-8)14(18)13-9(15)3-2-4-10(13)16/h2-6H,7H2,1H3. The minimum atomic E-state index is -0.577. The van der Waals surface area contributed by atoms with Gasteiger partial charge < -0.3 is 4.74 Å². The summed E-state index contributed by atoms with van der Waals surface area (Å²) in [6.45, 7) is 0. The number of hydrogen-bond donors (Lipinski definition) is 0. The summed E-state index contributed by atoms with van der Waals surface area (Å²) in [6, 6.07) is 7.63. The Morgan fingerprint density at radius 2 is 2.05 bits per heavy atom. The Kier molecular flexibility index (Phi) is 4.67. The molecular weight excluding hydrogens is 347 g/mol. The molecule has 0 N–H and O–H groups in total. The SMILES string of the molecule is COC(=O)Cc1ccc(C(=O)c2c(F)cccc2Br)s1. The zero-order valence-electron chi connectivity index (χ0n) is 10.5. The topological polar surface area (TPSA) is 43.4 Å². The Labute approximate surface area is 127 Å². The van der Waals surface area contributed by atoms with Crippen molar-refractivity contribution in [2.24, 2.45) is 0 Å². The van der Waals surface area contributed by atoms with Crippen molar-refractivity contribution in [2.75, 3.05) is 7.11 Å². The number of ether oxygens (including phenoxy) is 1. The molecule has 0 spiro atoms. The fraction of sp³-hybridized carbons (Fsp3) is 0.143. The number of methoxy groups -OCH3 is 1. The minimum Gasteiger partial charge on any atom is -0.469 e. The average molecular weight is 357 g/mol. The van der Waals surface area contributed by atoms with Gasteiger partial charge in [-0.05, 0) is 40.2 Å². The van der Waals surface area contributed by atoms with E-state index in [0.717, 1.165) is 11.3 Å². The molecule has 20 heavy (non-hydrogen) atoms. The molecule has 1 aromatic carbocycles. The first-order chi connectivity index (χ1) is 9.52. The lowest BCUT2D eigenvalue weighted by atomic mass is 10.1. The van der Waals surface area contributed by atoms with Gasteiger partial charge in [0.25, 0.3) is 0 Å². The van der Waals surface area contributed by atoms with Crippen molar-refractivity contribution in [3.05, 3.63) is 55.9 Å². The van der Waals surface area contributed by atoms with Gasteiger partial charge in [0, 0.05) is 9.35 Å². The first-order valence-corrected chi connectivity index (χ1v) is 7.28. The molecule has 1 aromatic heterocycles. The Morgan fingerprint density at radius 3 is 2.70 bits per heavy atom. The van der Waals surface area contributed by atoms with Crippen LogP contribution in [0.1, 0.15) is 20.1 Å². The summed E-state index contributed by atoms with van der Waals surface area (Å²) in [4.78, 5) is 24.5. The summed E-state index contributed by atoms with van der Waals surface area (Å²) < 4.78 is 18.7. The Morgan fingerprint density at radius 1 is 1.30 bits per heavy atom. The number of esters is 1. The molecule has 0 saturated carbocycles. The molecule has 1 heterocycles. The van der Waals surface area contributed by atoms with Gasteiger partial charge >= 0.3 is 5.97 Å². The first kappa shape index (κ1) is 14.9. The van der Waals surface area contributed by atoms with E-state index in [1.54, 1.807) is 18.2 Å². The molecule has 0 aliphatic heterocycles. The van der Waals surface area contributed by atoms with E-state index in [4.69, 9.17) is 0 Å². The molecule has 0 amide bonds. The maximum absolute atomic E-state index is 13.7. The van der Waals surface area contributed by atoms with E-state index in [1.165, 1.54) is 19.2 Å². The molecule has 2 rings (SSSR count). The molecule has 6 heteroatoms. The van der Waals surface area contributed by atoms with Gasteiger partial charge in [-0.25, -0.2) is 4.39 Å². The maximum atomic E-state index is 13.7. The third-order valence-corrected chi connectivity index (χ3v) is 4.37. The van der Waals surface area contributed by atoms with Crippen molar-refractivity contribution < 1.29 is 18.7 Å². The van der Waals surface area contributed by atoms with Crippen LogP contribution < -0.4 is 0 Å². The summed E-state index contributed by atoms with van der Waals surface area (Å²) in [6.07, 6.45) is 0.104. The van der Waals surface area contributed by atoms with Gasteiger partial charge in [0.15, 0.2) is 0 Å². The highest BCUT2D eigenvalue weighted by Gasteiger charge is 2.19. The van der Waals surface area contributed by atoms with Gasteiger partial charge in [-0.2, -0.15) is 0 Å². The van der Waals surface area contributed by atoms with Crippen molar-refractivity contribution in [2.45, 2.75) is 6.42 Å². The molecule has 0 aliphatic rings. The highest BCUT2D eigenvalue weighted by molar-refractivity contribution is 9.10. The van der Waals surface area contributed by atoms with Crippen LogP contribution in [0.5, 0.6) is 0 Å². The predicted molar refractivity (Wildman–Crippen MR) is 77.6 cm³/mol. The molecule has 0 aliphatic carbocycles. The molecule has 0 fully saturated rings. The van der Waals surface area contributed by atoms with Crippen LogP contribution >= 0.6 is 27.3 Å². The van der Waals surface area contributed by atoms with Crippen LogP contribution in [0.25, 0.3) is 0 Å². The lowest BCUT2D eigenvalue weighted by Gasteiger charge is -2.03. The lowest BCUT2D eigenvalue weighted by molar-refractivity contribution is -0.139. The molecule has 0 radical (unpaired) electrons. The number of thiophene rings is 1. The van der Waals surface area contributed by atoms with E-state index in [9.17, 15) is 14.0 Å². The monoisotopic (exact) mass is 356 g/mol. The molecule has 0 bridgehead atoms. The zero-order chi connectivity index (χ0) is 14.7. The number of ketones is 1. The van der Waals surface area contributed by atoms with Crippen LogP contribution in [0.3, 0.4) is 0 Å². The zero-order valence-corrected chi connectivity index (χ0v) is 12.9. The van der Waals surface area contributed by atoms with E-state index in [-0.39, 0.29) is 18.0 Å². The number of hydrogen-bond acceptors (Lipinski definition) is 4. The molecular formula is C14H10BrFO3S. The second-order valence-corrected chi connectivity index (χ2v) is 5.97. The van der Waals surface area contributed by atoms with Crippen molar-refractivity contribution in [1.82, 2.24) is 0 Å². The van der Waals surface area contributed by atoms with Crippen molar-refractivity contribution >= 4 is 39.0 Å². The fourth-order valence-electron chi connectivity index (χ4n) is 1.65. The Bertz CT molecular complexity index is 646. The van der Waals surface area contributed by atoms with Crippen LogP contribution in [-0.2, 0) is 16.0 Å². The number of benzene rings is 1. The summed E-state index contributed by atoms with van der Waals surface area (Å²) in [5, 5.41) is 0. The largest absolute Gasteiger partial charge is 0.469 e. The summed E-state index contributed by atoms with van der Waals surface area (Å²) in [7, 11) is 1.30. The van der Waals surface area contributed by atoms with Crippen LogP contribution in [0.4, 0.5) is 4.39 Å². The second kappa shape index (κ2) is 6.28. The van der Waals surface area contributed by atoms with E-state index < -0.39 is 11.6 Å². The number of halogens is 2. The summed E-state index contributed by atoms with van der Waals surface area (Å²) in [5.74, 6) is -1.36. The Balaban J connectivity index is 2.28. The quantitative estimate of drug-likeness (QED) is 0.620. The normalized spacial score (nSPS) is 10.3. The van der Waals surface area contributed by atoms with Crippen LogP contribution in [0, 0.1) is 5.82 Å². The maximum Gasteiger partial charge on any atom is 0.310 e. The van der Waals surface area contributed by atoms with E-state index in [0.29, 0.717) is 14.2 Å². The van der Waals surface area contributed by atoms with Crippen molar-refractivity contribution in [3.63, 3.8) is 0 Å². The summed E-state index contributed by atoms with van der Waals surface area (Å²) >= 11 is 4.33. The fourth-order valence-corrected chi connectivity index (χ4v) is 3.11. The van der Waals surface area contributed by atoms with E-state index >= 15 is 0 Å². The molecule has 0 atom stereocenters. The highest BCUT2D eigenvalue weighted by Crippen LogP contribution is 2.26. The summed E-state index contributed by atoms with van der Waals surface area (Å²) in [5.41, 5.74) is -0.000956. The highest BCUT2D eigenvalue weighted by atomic mass is 79.9. The van der Waals surface area contributed by atoms with Gasteiger partial charge in [0.05, 0.1) is 24.0 Å². The second-order valence-electron chi connectivity index (χ2n) is 3.94. The third-order valence-electron chi connectivity index (χ3n) is 2.62. The minimum absolute atomic E-state index is 0.000956. The van der Waals surface area contributed by atoms with Crippen molar-refractivity contribution in [3.8, 4) is 0 Å². The van der Waals surface area contributed by atoms with Crippen LogP contribution in [-0.4, -0.2) is 18.9 Å². The predicted octanol–water partition coefficient (Wildman–Crippen LogP) is 3.60. The number of rotatable bonds is 4. The number of carbonyl (C=O) groups excluding carboxylic acids is 2. The van der Waals surface area contributed by atoms with Gasteiger partial charge in [0.1, 0.15) is 5.82 Å². The van der Waals surface area contributed by atoms with Crippen molar-refractivity contribution in [1.29, 1.82) is 0 Å². The van der Waals surface area contributed by atoms with Crippen LogP contribution in [0.2, 0.25) is 0 Å². The third kappa shape index (κ3) is 3.13. The smallest absolute Gasteiger partial charge is 0.310 e. The van der Waals surface area contributed by atoms with E-state index in [1.807, 2.05) is 0 Å². The molecule has 0 saturated heterocycles. The Hall–Kier alpha value is -1.53. The van der Waals surface area contributed by atoms with Gasteiger partial charge in [-0.1, -0.05) is 6.07 Å². The van der Waals surface area contributed by atoms with Gasteiger partial charge in [-0.15, -0.1) is 11.3 Å². The molecule has 2 aromatic rings. The lowest BCUT2D eigenvalue weighted by Crippen LogP contribution is -2.04. The van der Waals surface area contributed by atoms with Gasteiger partial charge in [0.2, 0.25) is 5.78 Å². The average Bonchev–Trinajstić information content (AvgIpc) is 2.86. The molecule has 3 nitrogen and oxygen atoms in total. The van der Waals surface area contributed by atoms with Gasteiger partial charge in [-0.3, -0.25) is 9.59 Å². The van der Waals surface area contributed by atoms with E-state index in [2.05, 4.69) is 20.7 Å². The first-order valence-electron chi connectivity index (χ1n) is 5.67.